The molecular formula is C34H36O8. The summed E-state index contributed by atoms with van der Waals surface area (Å²) in [5, 5.41) is 0. The summed E-state index contributed by atoms with van der Waals surface area (Å²) >= 11 is 0. The number of hydrogen-bond donors (Lipinski definition) is 0. The average molecular weight is 573 g/mol. The van der Waals surface area contributed by atoms with Crippen LogP contribution in [0.25, 0.3) is 5.76 Å². The van der Waals surface area contributed by atoms with Crippen molar-refractivity contribution in [3.63, 3.8) is 0 Å². The van der Waals surface area contributed by atoms with E-state index in [1.807, 2.05) is 31.2 Å². The molecule has 0 bridgehead atoms. The number of rotatable bonds is 13. The minimum atomic E-state index is -0.907. The quantitative estimate of drug-likeness (QED) is 0.101. The highest BCUT2D eigenvalue weighted by Crippen LogP contribution is 2.25. The first-order valence-electron chi connectivity index (χ1n) is 13.2. The zero-order valence-corrected chi connectivity index (χ0v) is 24.6. The molecule has 3 rings (SSSR count). The highest BCUT2D eigenvalue weighted by atomic mass is 16.5. The second-order valence-electron chi connectivity index (χ2n) is 10.1. The molecule has 1 atom stereocenters. The second-order valence-corrected chi connectivity index (χ2v) is 10.1. The van der Waals surface area contributed by atoms with Gasteiger partial charge in [-0.15, -0.1) is 0 Å². The summed E-state index contributed by atoms with van der Waals surface area (Å²) in [7, 11) is 0. The molecule has 220 valence electrons. The number of carbonyl (C=O) groups excluding carboxylic acids is 5. The first-order chi connectivity index (χ1) is 19.9. The van der Waals surface area contributed by atoms with Crippen molar-refractivity contribution >= 4 is 35.6 Å². The molecule has 0 aromatic heterocycles. The van der Waals surface area contributed by atoms with Crippen molar-refractivity contribution in [2.24, 2.45) is 5.41 Å². The molecule has 0 spiro atoms. The van der Waals surface area contributed by atoms with Crippen molar-refractivity contribution in [1.29, 1.82) is 0 Å². The molecule has 42 heavy (non-hydrogen) atoms. The first-order valence-corrected chi connectivity index (χ1v) is 13.2. The molecule has 0 radical (unpaired) electrons. The Labute approximate surface area is 246 Å². The van der Waals surface area contributed by atoms with Gasteiger partial charge in [-0.05, 0) is 46.2 Å². The van der Waals surface area contributed by atoms with Gasteiger partial charge >= 0.3 is 5.97 Å². The Bertz CT molecular complexity index is 1380. The van der Waals surface area contributed by atoms with Gasteiger partial charge < -0.3 is 14.2 Å². The summed E-state index contributed by atoms with van der Waals surface area (Å²) < 4.78 is 16.1. The molecule has 3 aromatic rings. The van der Waals surface area contributed by atoms with Crippen molar-refractivity contribution in [2.45, 2.75) is 34.6 Å². The van der Waals surface area contributed by atoms with Crippen molar-refractivity contribution in [1.82, 2.24) is 0 Å². The lowest BCUT2D eigenvalue weighted by molar-refractivity contribution is -0.133. The third-order valence-electron chi connectivity index (χ3n) is 6.30. The van der Waals surface area contributed by atoms with Gasteiger partial charge in [-0.1, -0.05) is 73.3 Å². The van der Waals surface area contributed by atoms with Crippen LogP contribution in [-0.4, -0.2) is 49.6 Å². The summed E-state index contributed by atoms with van der Waals surface area (Å²) in [5.41, 5.74) is 2.39. The predicted molar refractivity (Wildman–Crippen MR) is 159 cm³/mol. The van der Waals surface area contributed by atoms with Crippen LogP contribution < -0.4 is 0 Å². The fourth-order valence-corrected chi connectivity index (χ4v) is 3.99. The maximum atomic E-state index is 12.6. The Morgan fingerprint density at radius 2 is 1.10 bits per heavy atom. The van der Waals surface area contributed by atoms with Crippen LogP contribution in [0, 0.1) is 12.3 Å². The zero-order valence-electron chi connectivity index (χ0n) is 24.6. The van der Waals surface area contributed by atoms with E-state index in [4.69, 9.17) is 14.2 Å². The number of ether oxygens (including phenoxy) is 3. The van der Waals surface area contributed by atoms with E-state index in [9.17, 15) is 24.0 Å². The van der Waals surface area contributed by atoms with E-state index in [2.05, 4.69) is 6.58 Å². The Balaban J connectivity index is 0.000000518. The standard InChI is InChI=1S/C25H26O7.C9H10O/c1-17(27)20-9-5-7-11-22(20)19(3)31-14-25(4,13-30-16-26)15-32-24(29)23-12-8-6-10-21(23)18(2)28;1-7-5-3-4-6-9(7)8(2)10/h5-12,16H,3,13-15H2,1-2,4H3;3-6H,1-2H3. The van der Waals surface area contributed by atoms with Gasteiger partial charge in [-0.3, -0.25) is 19.2 Å². The summed E-state index contributed by atoms with van der Waals surface area (Å²) in [6, 6.07) is 20.9. The summed E-state index contributed by atoms with van der Waals surface area (Å²) in [6.07, 6.45) is 0. The van der Waals surface area contributed by atoms with E-state index in [1.54, 1.807) is 56.3 Å². The summed E-state index contributed by atoms with van der Waals surface area (Å²) in [6.45, 7) is 12.0. The van der Waals surface area contributed by atoms with Gasteiger partial charge in [0.2, 0.25) is 0 Å². The van der Waals surface area contributed by atoms with Gasteiger partial charge in [-0.2, -0.15) is 0 Å². The number of benzene rings is 3. The SMILES string of the molecule is C=C(OCC(C)(COC=O)COC(=O)c1ccccc1C(C)=O)c1ccccc1C(C)=O.CC(=O)c1ccccc1C. The minimum Gasteiger partial charge on any atom is -0.493 e. The largest absolute Gasteiger partial charge is 0.493 e. The van der Waals surface area contributed by atoms with Gasteiger partial charge in [0.15, 0.2) is 17.3 Å². The smallest absolute Gasteiger partial charge is 0.338 e. The number of carbonyl (C=O) groups is 5. The average Bonchev–Trinajstić information content (AvgIpc) is 2.98. The molecule has 3 aromatic carbocycles. The Morgan fingerprint density at radius 3 is 1.57 bits per heavy atom. The normalized spacial score (nSPS) is 11.5. The Morgan fingerprint density at radius 1 is 0.667 bits per heavy atom. The third-order valence-corrected chi connectivity index (χ3v) is 6.30. The molecular weight excluding hydrogens is 536 g/mol. The number of ketones is 3. The van der Waals surface area contributed by atoms with Crippen LogP contribution in [0.2, 0.25) is 0 Å². The molecule has 0 N–H and O–H groups in total. The summed E-state index contributed by atoms with van der Waals surface area (Å²) in [4.78, 5) is 57.8. The molecule has 0 aliphatic heterocycles. The number of aryl methyl sites for hydroxylation is 1. The molecule has 0 aliphatic carbocycles. The third kappa shape index (κ3) is 9.66. The van der Waals surface area contributed by atoms with E-state index in [0.717, 1.165) is 11.1 Å². The highest BCUT2D eigenvalue weighted by molar-refractivity contribution is 6.05. The second kappa shape index (κ2) is 15.8. The van der Waals surface area contributed by atoms with Crippen LogP contribution in [0.4, 0.5) is 0 Å². The highest BCUT2D eigenvalue weighted by Gasteiger charge is 2.30. The molecule has 0 amide bonds. The van der Waals surface area contributed by atoms with E-state index in [1.165, 1.54) is 19.9 Å². The molecule has 1 unspecified atom stereocenters. The van der Waals surface area contributed by atoms with E-state index < -0.39 is 11.4 Å². The van der Waals surface area contributed by atoms with Crippen LogP contribution in [0.1, 0.15) is 80.3 Å². The van der Waals surface area contributed by atoms with Crippen LogP contribution in [0.15, 0.2) is 79.4 Å². The van der Waals surface area contributed by atoms with Gasteiger partial charge in [-0.25, -0.2) is 4.79 Å². The van der Waals surface area contributed by atoms with Gasteiger partial charge in [0, 0.05) is 22.3 Å². The van der Waals surface area contributed by atoms with Crippen molar-refractivity contribution in [2.75, 3.05) is 19.8 Å². The van der Waals surface area contributed by atoms with Gasteiger partial charge in [0.25, 0.3) is 6.47 Å². The monoisotopic (exact) mass is 572 g/mol. The lowest BCUT2D eigenvalue weighted by Gasteiger charge is -2.28. The van der Waals surface area contributed by atoms with Crippen LogP contribution in [-0.2, 0) is 19.0 Å². The first kappa shape index (κ1) is 33.4. The van der Waals surface area contributed by atoms with Crippen LogP contribution in [0.3, 0.4) is 0 Å². The lowest BCUT2D eigenvalue weighted by atomic mass is 9.94. The molecule has 8 nitrogen and oxygen atoms in total. The fraction of sp³-hybridized carbons (Fsp3) is 0.265. The Kier molecular flexibility index (Phi) is 12.6. The van der Waals surface area contributed by atoms with Crippen LogP contribution >= 0.6 is 0 Å². The molecule has 0 fully saturated rings. The lowest BCUT2D eigenvalue weighted by Crippen LogP contribution is -2.35. The number of esters is 1. The molecule has 8 heteroatoms. The molecule has 0 saturated heterocycles. The maximum absolute atomic E-state index is 12.6. The van der Waals surface area contributed by atoms with E-state index >= 15 is 0 Å². The fourth-order valence-electron chi connectivity index (χ4n) is 3.99. The predicted octanol–water partition coefficient (Wildman–Crippen LogP) is 6.31. The van der Waals surface area contributed by atoms with Gasteiger partial charge in [0.05, 0.1) is 11.0 Å². The van der Waals surface area contributed by atoms with E-state index in [0.29, 0.717) is 17.6 Å². The Hall–Kier alpha value is -4.85. The minimum absolute atomic E-state index is 0.00640. The topological polar surface area (TPSA) is 113 Å². The number of hydrogen-bond acceptors (Lipinski definition) is 8. The number of Topliss-reactive ketones (excluding diaryl/α,β-unsaturated/α-hetero) is 3. The van der Waals surface area contributed by atoms with E-state index in [-0.39, 0.29) is 54.1 Å². The van der Waals surface area contributed by atoms with Crippen molar-refractivity contribution in [3.05, 3.63) is 113 Å². The van der Waals surface area contributed by atoms with Gasteiger partial charge in [0.1, 0.15) is 25.6 Å². The molecule has 0 aliphatic rings. The van der Waals surface area contributed by atoms with Crippen molar-refractivity contribution < 1.29 is 38.2 Å². The summed E-state index contributed by atoms with van der Waals surface area (Å²) in [5.74, 6) is -0.655. The zero-order chi connectivity index (χ0) is 31.3. The molecule has 0 heterocycles. The maximum Gasteiger partial charge on any atom is 0.338 e. The molecule has 0 saturated carbocycles. The van der Waals surface area contributed by atoms with Crippen LogP contribution in [0.5, 0.6) is 0 Å². The van der Waals surface area contributed by atoms with Crippen molar-refractivity contribution in [3.8, 4) is 0 Å².